The van der Waals surface area contributed by atoms with E-state index in [1.54, 1.807) is 0 Å². The van der Waals surface area contributed by atoms with Crippen molar-refractivity contribution in [1.82, 2.24) is 4.98 Å². The minimum absolute atomic E-state index is 0.828. The van der Waals surface area contributed by atoms with Crippen LogP contribution in [-0.4, -0.2) is 11.6 Å². The molecule has 0 fully saturated rings. The van der Waals surface area contributed by atoms with Gasteiger partial charge in [0.2, 0.25) is 0 Å². The van der Waals surface area contributed by atoms with Gasteiger partial charge in [0.1, 0.15) is 5.75 Å². The van der Waals surface area contributed by atoms with Crippen molar-refractivity contribution >= 4 is 0 Å². The summed E-state index contributed by atoms with van der Waals surface area (Å²) in [4.78, 5) is 4.73. The van der Waals surface area contributed by atoms with Crippen LogP contribution in [-0.2, 0) is 19.3 Å². The lowest BCUT2D eigenvalue weighted by Crippen LogP contribution is -1.98. The van der Waals surface area contributed by atoms with Gasteiger partial charge in [-0.2, -0.15) is 0 Å². The molecule has 0 spiro atoms. The van der Waals surface area contributed by atoms with Gasteiger partial charge < -0.3 is 4.74 Å². The molecule has 0 saturated carbocycles. The van der Waals surface area contributed by atoms with Gasteiger partial charge >= 0.3 is 0 Å². The molecule has 0 aliphatic rings. The summed E-state index contributed by atoms with van der Waals surface area (Å²) in [5.74, 6) is 0.992. The van der Waals surface area contributed by atoms with Crippen LogP contribution in [0.1, 0.15) is 101 Å². The van der Waals surface area contributed by atoms with E-state index in [0.29, 0.717) is 0 Å². The summed E-state index contributed by atoms with van der Waals surface area (Å²) in [5.41, 5.74) is 6.34. The molecular formula is C34H47NO. The van der Waals surface area contributed by atoms with Gasteiger partial charge in [-0.3, -0.25) is 4.98 Å². The Morgan fingerprint density at radius 1 is 0.528 bits per heavy atom. The third-order valence-corrected chi connectivity index (χ3v) is 7.04. The predicted octanol–water partition coefficient (Wildman–Crippen LogP) is 9.79. The molecule has 2 heteroatoms. The molecule has 194 valence electrons. The molecule has 0 amide bonds. The highest BCUT2D eigenvalue weighted by Gasteiger charge is 2.03. The zero-order chi connectivity index (χ0) is 25.3. The number of ether oxygens (including phenoxy) is 1. The lowest BCUT2D eigenvalue weighted by molar-refractivity contribution is 0.304. The van der Waals surface area contributed by atoms with Crippen molar-refractivity contribution in [3.63, 3.8) is 0 Å². The normalized spacial score (nSPS) is 11.1. The third-order valence-electron chi connectivity index (χ3n) is 7.04. The van der Waals surface area contributed by atoms with E-state index in [0.717, 1.165) is 43.7 Å². The summed E-state index contributed by atoms with van der Waals surface area (Å²) in [7, 11) is 0. The van der Waals surface area contributed by atoms with E-state index in [9.17, 15) is 0 Å². The molecule has 1 aromatic heterocycles. The van der Waals surface area contributed by atoms with E-state index in [-0.39, 0.29) is 0 Å². The smallest absolute Gasteiger partial charge is 0.119 e. The molecule has 0 aliphatic carbocycles. The van der Waals surface area contributed by atoms with Crippen LogP contribution < -0.4 is 4.74 Å². The van der Waals surface area contributed by atoms with E-state index in [1.165, 1.54) is 86.5 Å². The molecule has 0 atom stereocenters. The van der Waals surface area contributed by atoms with Gasteiger partial charge in [-0.15, -0.1) is 0 Å². The number of hydrogen-bond donors (Lipinski definition) is 0. The van der Waals surface area contributed by atoms with Crippen LogP contribution in [0.15, 0.2) is 66.9 Å². The number of hydrogen-bond acceptors (Lipinski definition) is 2. The SMILES string of the molecule is CCCCCCCCOc1ccc(CCc2ccc(-c3ccc(CCCCCCC)cn3)cc2)cc1. The maximum Gasteiger partial charge on any atom is 0.119 e. The minimum atomic E-state index is 0.828. The van der Waals surface area contributed by atoms with E-state index < -0.39 is 0 Å². The van der Waals surface area contributed by atoms with Crippen LogP contribution in [0.25, 0.3) is 11.3 Å². The number of benzene rings is 2. The Hall–Kier alpha value is -2.61. The Bertz CT molecular complexity index is 944. The van der Waals surface area contributed by atoms with Gasteiger partial charge in [-0.1, -0.05) is 114 Å². The highest BCUT2D eigenvalue weighted by molar-refractivity contribution is 5.59. The lowest BCUT2D eigenvalue weighted by Gasteiger charge is -2.08. The molecule has 0 saturated heterocycles. The van der Waals surface area contributed by atoms with Crippen LogP contribution in [0, 0.1) is 0 Å². The van der Waals surface area contributed by atoms with E-state index in [1.807, 2.05) is 0 Å². The van der Waals surface area contributed by atoms with E-state index >= 15 is 0 Å². The topological polar surface area (TPSA) is 22.1 Å². The second-order valence-electron chi connectivity index (χ2n) is 10.2. The Morgan fingerprint density at radius 3 is 1.69 bits per heavy atom. The molecular weight excluding hydrogens is 438 g/mol. The highest BCUT2D eigenvalue weighted by atomic mass is 16.5. The number of unbranched alkanes of at least 4 members (excludes halogenated alkanes) is 9. The summed E-state index contributed by atoms with van der Waals surface area (Å²) in [6, 6.07) is 22.0. The fourth-order valence-corrected chi connectivity index (χ4v) is 4.63. The van der Waals surface area contributed by atoms with Crippen molar-refractivity contribution in [1.29, 1.82) is 0 Å². The average molecular weight is 486 g/mol. The maximum absolute atomic E-state index is 5.92. The van der Waals surface area contributed by atoms with Crippen LogP contribution in [0.2, 0.25) is 0 Å². The van der Waals surface area contributed by atoms with Crippen LogP contribution in [0.5, 0.6) is 5.75 Å². The fraction of sp³-hybridized carbons (Fsp3) is 0.500. The molecule has 0 aliphatic heterocycles. The molecule has 1 heterocycles. The largest absolute Gasteiger partial charge is 0.494 e. The first kappa shape index (κ1) is 28.0. The van der Waals surface area contributed by atoms with Gasteiger partial charge in [0.05, 0.1) is 12.3 Å². The van der Waals surface area contributed by atoms with Crippen LogP contribution in [0.3, 0.4) is 0 Å². The van der Waals surface area contributed by atoms with E-state index in [4.69, 9.17) is 9.72 Å². The summed E-state index contributed by atoms with van der Waals surface area (Å²) >= 11 is 0. The average Bonchev–Trinajstić information content (AvgIpc) is 2.93. The van der Waals surface area contributed by atoms with Gasteiger partial charge in [-0.05, 0) is 67.0 Å². The van der Waals surface area contributed by atoms with Crippen molar-refractivity contribution in [3.8, 4) is 17.0 Å². The van der Waals surface area contributed by atoms with Crippen molar-refractivity contribution < 1.29 is 4.74 Å². The Balaban J connectivity index is 1.37. The molecule has 2 nitrogen and oxygen atoms in total. The zero-order valence-corrected chi connectivity index (χ0v) is 22.8. The predicted molar refractivity (Wildman–Crippen MR) is 155 cm³/mol. The van der Waals surface area contributed by atoms with Gasteiger partial charge in [0.15, 0.2) is 0 Å². The number of pyridine rings is 1. The first-order valence-electron chi connectivity index (χ1n) is 14.5. The van der Waals surface area contributed by atoms with Crippen molar-refractivity contribution in [2.24, 2.45) is 0 Å². The van der Waals surface area contributed by atoms with Crippen molar-refractivity contribution in [3.05, 3.63) is 83.6 Å². The monoisotopic (exact) mass is 485 g/mol. The second kappa shape index (κ2) is 17.0. The molecule has 3 aromatic rings. The second-order valence-corrected chi connectivity index (χ2v) is 10.2. The molecule has 0 radical (unpaired) electrons. The number of nitrogens with zero attached hydrogens (tertiary/aromatic N) is 1. The van der Waals surface area contributed by atoms with Gasteiger partial charge in [-0.25, -0.2) is 0 Å². The first-order chi connectivity index (χ1) is 17.8. The standard InChI is InChI=1S/C34H47NO/c1-3-5-7-9-11-13-27-36-33-24-19-30(20-25-33)16-15-29-17-22-32(23-18-29)34-26-21-31(28-35-34)14-12-10-8-6-4-2/h17-26,28H,3-16,27H2,1-2H3. The van der Waals surface area contributed by atoms with Gasteiger partial charge in [0.25, 0.3) is 0 Å². The summed E-state index contributed by atoms with van der Waals surface area (Å²) in [5, 5.41) is 0. The maximum atomic E-state index is 5.92. The highest BCUT2D eigenvalue weighted by Crippen LogP contribution is 2.20. The fourth-order valence-electron chi connectivity index (χ4n) is 4.63. The third kappa shape index (κ3) is 10.6. The zero-order valence-electron chi connectivity index (χ0n) is 22.8. The number of aryl methyl sites for hydroxylation is 3. The summed E-state index contributed by atoms with van der Waals surface area (Å²) < 4.78 is 5.92. The summed E-state index contributed by atoms with van der Waals surface area (Å²) in [6.07, 6.45) is 19.7. The number of aromatic nitrogens is 1. The molecule has 2 aromatic carbocycles. The minimum Gasteiger partial charge on any atom is -0.494 e. The molecule has 0 N–H and O–H groups in total. The quantitative estimate of drug-likeness (QED) is 0.167. The molecule has 0 unspecified atom stereocenters. The summed E-state index contributed by atoms with van der Waals surface area (Å²) in [6.45, 7) is 5.35. The lowest BCUT2D eigenvalue weighted by atomic mass is 10.0. The Morgan fingerprint density at radius 2 is 1.08 bits per heavy atom. The first-order valence-corrected chi connectivity index (χ1v) is 14.5. The van der Waals surface area contributed by atoms with E-state index in [2.05, 4.69) is 80.7 Å². The molecule has 0 bridgehead atoms. The Kier molecular flexibility index (Phi) is 13.2. The molecule has 3 rings (SSSR count). The van der Waals surface area contributed by atoms with Crippen LogP contribution in [0.4, 0.5) is 0 Å². The van der Waals surface area contributed by atoms with Crippen molar-refractivity contribution in [2.45, 2.75) is 104 Å². The van der Waals surface area contributed by atoms with Crippen LogP contribution >= 0.6 is 0 Å². The van der Waals surface area contributed by atoms with Gasteiger partial charge in [0, 0.05) is 11.8 Å². The molecule has 36 heavy (non-hydrogen) atoms. The Labute approximate surface area is 220 Å². The number of rotatable bonds is 18. The van der Waals surface area contributed by atoms with Crippen molar-refractivity contribution in [2.75, 3.05) is 6.61 Å².